The number of aromatic nitrogens is 2. The van der Waals surface area contributed by atoms with E-state index in [2.05, 4.69) is 15.6 Å². The monoisotopic (exact) mass is 308 g/mol. The maximum atomic E-state index is 10.4. The lowest BCUT2D eigenvalue weighted by Gasteiger charge is -1.96. The number of aryl methyl sites for hydroxylation is 1. The summed E-state index contributed by atoms with van der Waals surface area (Å²) in [5.41, 5.74) is 8.55. The fourth-order valence-electron chi connectivity index (χ4n) is 2.43. The molecule has 2 heterocycles. The van der Waals surface area contributed by atoms with Crippen molar-refractivity contribution in [1.82, 2.24) is 9.55 Å². The normalized spacial score (nSPS) is 10.5. The Labute approximate surface area is 132 Å². The fraction of sp³-hybridized carbons (Fsp3) is 0.0588. The smallest absolute Gasteiger partial charge is 0.271 e. The number of nitrogen functional groups attached to an aromatic ring is 1. The first kappa shape index (κ1) is 14.6. The molecule has 3 N–H and O–H groups in total. The van der Waals surface area contributed by atoms with Gasteiger partial charge in [-0.2, -0.15) is 0 Å². The zero-order chi connectivity index (χ0) is 16.4. The highest BCUT2D eigenvalue weighted by molar-refractivity contribution is 5.83. The molecular weight excluding hydrogens is 292 g/mol. The summed E-state index contributed by atoms with van der Waals surface area (Å²) in [5, 5.41) is 12.6. The summed E-state index contributed by atoms with van der Waals surface area (Å²) in [5.74, 6) is 0. The highest BCUT2D eigenvalue weighted by Gasteiger charge is 2.05. The molecule has 4 aromatic rings. The number of nitrogens with zero attached hydrogens (tertiary/aromatic N) is 2. The first-order valence-electron chi connectivity index (χ1n) is 7.07. The van der Waals surface area contributed by atoms with Crippen LogP contribution in [0.25, 0.3) is 21.8 Å². The van der Waals surface area contributed by atoms with E-state index in [0.29, 0.717) is 0 Å². The SMILES string of the molecule is Cn1ccc2ccc(N)cc21.O=[N+]([O-])c1ccc2cc[nH]c2c1. The number of nitro groups is 1. The Morgan fingerprint density at radius 2 is 1.87 bits per heavy atom. The van der Waals surface area contributed by atoms with E-state index in [4.69, 9.17) is 5.73 Å². The van der Waals surface area contributed by atoms with Crippen molar-refractivity contribution in [1.29, 1.82) is 0 Å². The molecule has 0 fully saturated rings. The molecule has 0 atom stereocenters. The second kappa shape index (κ2) is 5.84. The standard InChI is InChI=1S/C9H10N2.C8H6N2O2/c1-11-5-4-7-2-3-8(10)6-9(7)11;11-10(12)7-2-1-6-3-4-9-8(6)5-7/h2-6H,10H2,1H3;1-5,9H. The Kier molecular flexibility index (Phi) is 3.72. The maximum Gasteiger partial charge on any atom is 0.271 e. The predicted molar refractivity (Wildman–Crippen MR) is 92.3 cm³/mol. The summed E-state index contributed by atoms with van der Waals surface area (Å²) in [7, 11) is 2.02. The van der Waals surface area contributed by atoms with E-state index in [0.717, 1.165) is 16.6 Å². The van der Waals surface area contributed by atoms with Crippen LogP contribution in [-0.2, 0) is 7.05 Å². The van der Waals surface area contributed by atoms with Gasteiger partial charge in [0.25, 0.3) is 5.69 Å². The number of benzene rings is 2. The average Bonchev–Trinajstić information content (AvgIpc) is 3.14. The number of aromatic amines is 1. The zero-order valence-electron chi connectivity index (χ0n) is 12.6. The van der Waals surface area contributed by atoms with Crippen LogP contribution >= 0.6 is 0 Å². The third kappa shape index (κ3) is 3.01. The van der Waals surface area contributed by atoms with Gasteiger partial charge in [-0.3, -0.25) is 10.1 Å². The fourth-order valence-corrected chi connectivity index (χ4v) is 2.43. The number of nitro benzene ring substituents is 1. The van der Waals surface area contributed by atoms with E-state index in [9.17, 15) is 10.1 Å². The molecule has 6 nitrogen and oxygen atoms in total. The molecule has 0 saturated carbocycles. The number of non-ortho nitro benzene ring substituents is 1. The Bertz CT molecular complexity index is 985. The van der Waals surface area contributed by atoms with Gasteiger partial charge in [-0.15, -0.1) is 0 Å². The molecular formula is C17H16N4O2. The summed E-state index contributed by atoms with van der Waals surface area (Å²) in [6.45, 7) is 0. The second-order valence-corrected chi connectivity index (χ2v) is 5.25. The van der Waals surface area contributed by atoms with E-state index in [-0.39, 0.29) is 5.69 Å². The van der Waals surface area contributed by atoms with Crippen LogP contribution in [0.15, 0.2) is 60.9 Å². The van der Waals surface area contributed by atoms with Crippen LogP contribution in [0, 0.1) is 10.1 Å². The first-order valence-corrected chi connectivity index (χ1v) is 7.07. The summed E-state index contributed by atoms with van der Waals surface area (Å²) < 4.78 is 2.06. The number of nitrogens with one attached hydrogen (secondary N) is 1. The Hall–Kier alpha value is -3.28. The minimum absolute atomic E-state index is 0.116. The van der Waals surface area contributed by atoms with Gasteiger partial charge in [-0.25, -0.2) is 0 Å². The molecule has 0 saturated heterocycles. The van der Waals surface area contributed by atoms with E-state index < -0.39 is 4.92 Å². The predicted octanol–water partition coefficient (Wildman–Crippen LogP) is 3.84. The van der Waals surface area contributed by atoms with Gasteiger partial charge in [0.15, 0.2) is 0 Å². The van der Waals surface area contributed by atoms with Crippen LogP contribution in [0.2, 0.25) is 0 Å². The lowest BCUT2D eigenvalue weighted by molar-refractivity contribution is -0.384. The molecule has 2 aromatic carbocycles. The van der Waals surface area contributed by atoms with Crippen LogP contribution in [0.4, 0.5) is 11.4 Å². The van der Waals surface area contributed by atoms with Crippen molar-refractivity contribution in [2.75, 3.05) is 5.73 Å². The maximum absolute atomic E-state index is 10.4. The number of rotatable bonds is 1. The lowest BCUT2D eigenvalue weighted by Crippen LogP contribution is -1.87. The van der Waals surface area contributed by atoms with Gasteiger partial charge in [0.1, 0.15) is 0 Å². The lowest BCUT2D eigenvalue weighted by atomic mass is 10.2. The van der Waals surface area contributed by atoms with Crippen molar-refractivity contribution in [3.63, 3.8) is 0 Å². The second-order valence-electron chi connectivity index (χ2n) is 5.25. The van der Waals surface area contributed by atoms with E-state index in [1.165, 1.54) is 23.0 Å². The summed E-state index contributed by atoms with van der Waals surface area (Å²) in [6, 6.07) is 14.6. The minimum Gasteiger partial charge on any atom is -0.399 e. The van der Waals surface area contributed by atoms with Gasteiger partial charge >= 0.3 is 0 Å². The van der Waals surface area contributed by atoms with Crippen LogP contribution < -0.4 is 5.73 Å². The number of H-pyrrole nitrogens is 1. The van der Waals surface area contributed by atoms with Crippen LogP contribution in [0.1, 0.15) is 0 Å². The molecule has 0 radical (unpaired) electrons. The molecule has 23 heavy (non-hydrogen) atoms. The largest absolute Gasteiger partial charge is 0.399 e. The number of nitrogens with two attached hydrogens (primary N) is 1. The first-order chi connectivity index (χ1) is 11.0. The molecule has 2 aromatic heterocycles. The Morgan fingerprint density at radius 1 is 1.09 bits per heavy atom. The molecule has 116 valence electrons. The molecule has 6 heteroatoms. The van der Waals surface area contributed by atoms with Crippen molar-refractivity contribution in [3.8, 4) is 0 Å². The number of hydrogen-bond donors (Lipinski definition) is 2. The Morgan fingerprint density at radius 3 is 2.65 bits per heavy atom. The van der Waals surface area contributed by atoms with Crippen molar-refractivity contribution < 1.29 is 4.92 Å². The van der Waals surface area contributed by atoms with E-state index >= 15 is 0 Å². The van der Waals surface area contributed by atoms with E-state index in [1.54, 1.807) is 12.3 Å². The molecule has 0 spiro atoms. The van der Waals surface area contributed by atoms with Gasteiger partial charge in [0.2, 0.25) is 0 Å². The molecule has 0 unspecified atom stereocenters. The van der Waals surface area contributed by atoms with Crippen LogP contribution in [0.3, 0.4) is 0 Å². The summed E-state index contributed by atoms with van der Waals surface area (Å²) in [4.78, 5) is 12.9. The molecule has 4 rings (SSSR count). The zero-order valence-corrected chi connectivity index (χ0v) is 12.6. The van der Waals surface area contributed by atoms with Crippen LogP contribution in [-0.4, -0.2) is 14.5 Å². The summed E-state index contributed by atoms with van der Waals surface area (Å²) in [6.07, 6.45) is 3.79. The van der Waals surface area contributed by atoms with Crippen molar-refractivity contribution in [2.24, 2.45) is 7.05 Å². The van der Waals surface area contributed by atoms with Crippen molar-refractivity contribution in [3.05, 3.63) is 71.0 Å². The number of anilines is 1. The number of fused-ring (bicyclic) bond motifs is 2. The van der Waals surface area contributed by atoms with Crippen molar-refractivity contribution in [2.45, 2.75) is 0 Å². The highest BCUT2D eigenvalue weighted by Crippen LogP contribution is 2.19. The van der Waals surface area contributed by atoms with Gasteiger partial charge in [-0.05, 0) is 41.1 Å². The Balaban J connectivity index is 0.000000136. The van der Waals surface area contributed by atoms with Crippen LogP contribution in [0.5, 0.6) is 0 Å². The minimum atomic E-state index is -0.402. The third-order valence-corrected chi connectivity index (χ3v) is 3.66. The molecule has 0 aliphatic carbocycles. The van der Waals surface area contributed by atoms with E-state index in [1.807, 2.05) is 37.5 Å². The quantitative estimate of drug-likeness (QED) is 0.318. The topological polar surface area (TPSA) is 89.9 Å². The molecule has 0 bridgehead atoms. The highest BCUT2D eigenvalue weighted by atomic mass is 16.6. The number of hydrogen-bond acceptors (Lipinski definition) is 3. The van der Waals surface area contributed by atoms with Gasteiger partial charge in [-0.1, -0.05) is 6.07 Å². The van der Waals surface area contributed by atoms with Gasteiger partial charge < -0.3 is 15.3 Å². The van der Waals surface area contributed by atoms with Gasteiger partial charge in [0, 0.05) is 42.8 Å². The average molecular weight is 308 g/mol. The molecule has 0 amide bonds. The van der Waals surface area contributed by atoms with Crippen molar-refractivity contribution >= 4 is 33.2 Å². The van der Waals surface area contributed by atoms with Gasteiger partial charge in [0.05, 0.1) is 10.4 Å². The molecule has 0 aliphatic heterocycles. The summed E-state index contributed by atoms with van der Waals surface area (Å²) >= 11 is 0. The molecule has 0 aliphatic rings. The third-order valence-electron chi connectivity index (χ3n) is 3.66.